The maximum atomic E-state index is 11.7. The molecule has 1 rings (SSSR count). The second-order valence-corrected chi connectivity index (χ2v) is 9.08. The Morgan fingerprint density at radius 2 is 1.33 bits per heavy atom. The summed E-state index contributed by atoms with van der Waals surface area (Å²) >= 11 is 4.60. The smallest absolute Gasteiger partial charge is 0.307 e. The first kappa shape index (κ1) is 26.8. The van der Waals surface area contributed by atoms with E-state index >= 15 is 0 Å². The lowest BCUT2D eigenvalue weighted by molar-refractivity contribution is -0.142. The molecule has 1 aromatic rings. The van der Waals surface area contributed by atoms with Crippen molar-refractivity contribution in [2.24, 2.45) is 5.92 Å². The van der Waals surface area contributed by atoms with Crippen molar-refractivity contribution < 1.29 is 9.90 Å². The van der Waals surface area contributed by atoms with Crippen molar-refractivity contribution in [1.29, 1.82) is 0 Å². The van der Waals surface area contributed by atoms with Crippen LogP contribution in [0.1, 0.15) is 114 Å². The van der Waals surface area contributed by atoms with Crippen LogP contribution in [-0.4, -0.2) is 11.1 Å². The zero-order chi connectivity index (χ0) is 21.9. The molecule has 0 amide bonds. The summed E-state index contributed by atoms with van der Waals surface area (Å²) in [5.74, 6) is -1.14. The third-order valence-electron chi connectivity index (χ3n) is 5.87. The zero-order valence-electron chi connectivity index (χ0n) is 19.1. The highest BCUT2D eigenvalue weighted by Crippen LogP contribution is 2.32. The second-order valence-electron chi connectivity index (χ2n) is 8.53. The summed E-state index contributed by atoms with van der Waals surface area (Å²) in [6, 6.07) is 9.78. The zero-order valence-corrected chi connectivity index (χ0v) is 20.0. The van der Waals surface area contributed by atoms with Crippen LogP contribution in [0.2, 0.25) is 0 Å². The predicted molar refractivity (Wildman–Crippen MR) is 133 cm³/mol. The van der Waals surface area contributed by atoms with E-state index in [-0.39, 0.29) is 5.25 Å². The number of carboxylic acids is 1. The van der Waals surface area contributed by atoms with Gasteiger partial charge < -0.3 is 5.11 Å². The standard InChI is InChI=1S/C27H44O2S/c1-2-3-4-5-6-7-8-9-10-11-12-13-14-15-16-20-23-25(27(28)29)26(30)24-21-18-17-19-22-24/h9-10,17-19,21-22,25-26,30H,2-8,11-16,20,23H2,1H3,(H,28,29)/b10-9-. The van der Waals surface area contributed by atoms with Gasteiger partial charge in [-0.3, -0.25) is 4.79 Å². The molecule has 3 heteroatoms. The lowest BCUT2D eigenvalue weighted by Crippen LogP contribution is -2.19. The number of hydrogen-bond donors (Lipinski definition) is 2. The third kappa shape index (κ3) is 13.2. The van der Waals surface area contributed by atoms with Gasteiger partial charge in [-0.15, -0.1) is 0 Å². The molecule has 1 N–H and O–H groups in total. The van der Waals surface area contributed by atoms with E-state index in [2.05, 4.69) is 31.7 Å². The second kappa shape index (κ2) is 18.5. The van der Waals surface area contributed by atoms with Crippen LogP contribution in [0.15, 0.2) is 42.5 Å². The highest BCUT2D eigenvalue weighted by Gasteiger charge is 2.26. The fraction of sp³-hybridized carbons (Fsp3) is 0.667. The van der Waals surface area contributed by atoms with Crippen molar-refractivity contribution in [3.63, 3.8) is 0 Å². The van der Waals surface area contributed by atoms with Crippen LogP contribution >= 0.6 is 12.6 Å². The first-order chi connectivity index (χ1) is 14.7. The molecule has 0 saturated heterocycles. The van der Waals surface area contributed by atoms with Gasteiger partial charge in [0.25, 0.3) is 0 Å². The normalized spacial score (nSPS) is 13.5. The molecule has 30 heavy (non-hydrogen) atoms. The van der Waals surface area contributed by atoms with E-state index < -0.39 is 11.9 Å². The molecule has 0 heterocycles. The van der Waals surface area contributed by atoms with Gasteiger partial charge in [0.15, 0.2) is 0 Å². The van der Waals surface area contributed by atoms with Gasteiger partial charge in [-0.25, -0.2) is 0 Å². The Morgan fingerprint density at radius 1 is 0.833 bits per heavy atom. The Morgan fingerprint density at radius 3 is 1.87 bits per heavy atom. The van der Waals surface area contributed by atoms with E-state index in [0.717, 1.165) is 18.4 Å². The van der Waals surface area contributed by atoms with E-state index in [9.17, 15) is 9.90 Å². The van der Waals surface area contributed by atoms with Crippen molar-refractivity contribution in [2.75, 3.05) is 0 Å². The number of carboxylic acid groups (broad SMARTS) is 1. The minimum atomic E-state index is -0.730. The average molecular weight is 433 g/mol. The van der Waals surface area contributed by atoms with E-state index in [4.69, 9.17) is 0 Å². The minimum Gasteiger partial charge on any atom is -0.481 e. The van der Waals surface area contributed by atoms with Gasteiger partial charge in [0.1, 0.15) is 0 Å². The summed E-state index contributed by atoms with van der Waals surface area (Å²) in [6.45, 7) is 2.27. The van der Waals surface area contributed by atoms with Gasteiger partial charge in [0, 0.05) is 5.25 Å². The van der Waals surface area contributed by atoms with Crippen molar-refractivity contribution >= 4 is 18.6 Å². The Kier molecular flexibility index (Phi) is 16.6. The summed E-state index contributed by atoms with van der Waals surface area (Å²) in [5, 5.41) is 9.35. The molecule has 0 aromatic heterocycles. The molecule has 0 radical (unpaired) electrons. The number of benzene rings is 1. The van der Waals surface area contributed by atoms with Gasteiger partial charge in [0.2, 0.25) is 0 Å². The van der Waals surface area contributed by atoms with Crippen molar-refractivity contribution in [2.45, 2.75) is 108 Å². The van der Waals surface area contributed by atoms with Crippen LogP contribution in [0, 0.1) is 5.92 Å². The van der Waals surface area contributed by atoms with Crippen LogP contribution in [0.4, 0.5) is 0 Å². The largest absolute Gasteiger partial charge is 0.481 e. The number of aliphatic carboxylic acids is 1. The third-order valence-corrected chi connectivity index (χ3v) is 6.52. The SMILES string of the molecule is CCCCCCCC/C=C\CCCCCCCCC(C(=O)O)C(S)c1ccccc1. The molecule has 2 atom stereocenters. The molecule has 0 aliphatic carbocycles. The van der Waals surface area contributed by atoms with Crippen LogP contribution in [0.3, 0.4) is 0 Å². The highest BCUT2D eigenvalue weighted by atomic mass is 32.1. The van der Waals surface area contributed by atoms with Crippen LogP contribution in [-0.2, 0) is 4.79 Å². The topological polar surface area (TPSA) is 37.3 Å². The van der Waals surface area contributed by atoms with E-state index in [1.54, 1.807) is 0 Å². The molecule has 2 unspecified atom stereocenters. The molecule has 1 aromatic carbocycles. The lowest BCUT2D eigenvalue weighted by Gasteiger charge is -2.19. The fourth-order valence-electron chi connectivity index (χ4n) is 3.91. The fourth-order valence-corrected chi connectivity index (χ4v) is 4.36. The minimum absolute atomic E-state index is 0.230. The summed E-state index contributed by atoms with van der Waals surface area (Å²) in [4.78, 5) is 11.7. The Balaban J connectivity index is 2.00. The molecule has 0 aliphatic rings. The maximum Gasteiger partial charge on any atom is 0.307 e. The van der Waals surface area contributed by atoms with Crippen LogP contribution in [0.25, 0.3) is 0 Å². The van der Waals surface area contributed by atoms with Gasteiger partial charge in [-0.05, 0) is 37.7 Å². The highest BCUT2D eigenvalue weighted by molar-refractivity contribution is 7.80. The first-order valence-electron chi connectivity index (χ1n) is 12.3. The number of allylic oxidation sites excluding steroid dienone is 2. The van der Waals surface area contributed by atoms with Crippen LogP contribution < -0.4 is 0 Å². The molecule has 0 spiro atoms. The predicted octanol–water partition coefficient (Wildman–Crippen LogP) is 8.79. The van der Waals surface area contributed by atoms with Crippen molar-refractivity contribution in [3.8, 4) is 0 Å². The van der Waals surface area contributed by atoms with Crippen molar-refractivity contribution in [1.82, 2.24) is 0 Å². The van der Waals surface area contributed by atoms with Gasteiger partial charge in [0.05, 0.1) is 5.92 Å². The van der Waals surface area contributed by atoms with Crippen molar-refractivity contribution in [3.05, 3.63) is 48.0 Å². The molecule has 0 aliphatic heterocycles. The quantitative estimate of drug-likeness (QED) is 0.130. The number of rotatable bonds is 19. The van der Waals surface area contributed by atoms with E-state index in [0.29, 0.717) is 6.42 Å². The number of unbranched alkanes of at least 4 members (excludes halogenated alkanes) is 12. The number of hydrogen-bond acceptors (Lipinski definition) is 2. The molecule has 2 nitrogen and oxygen atoms in total. The molecule has 0 fully saturated rings. The first-order valence-corrected chi connectivity index (χ1v) is 12.8. The Hall–Kier alpha value is -1.22. The Labute approximate surface area is 191 Å². The number of thiol groups is 1. The van der Waals surface area contributed by atoms with Gasteiger partial charge >= 0.3 is 5.97 Å². The summed E-state index contributed by atoms with van der Waals surface area (Å²) in [7, 11) is 0. The summed E-state index contributed by atoms with van der Waals surface area (Å²) in [5.41, 5.74) is 0.998. The van der Waals surface area contributed by atoms with E-state index in [1.807, 2.05) is 30.3 Å². The van der Waals surface area contributed by atoms with Gasteiger partial charge in [-0.1, -0.05) is 114 Å². The van der Waals surface area contributed by atoms with Gasteiger partial charge in [-0.2, -0.15) is 12.6 Å². The molecule has 0 bridgehead atoms. The summed E-state index contributed by atoms with van der Waals surface area (Å²) < 4.78 is 0. The van der Waals surface area contributed by atoms with Crippen LogP contribution in [0.5, 0.6) is 0 Å². The molecule has 170 valence electrons. The molecular weight excluding hydrogens is 388 g/mol. The monoisotopic (exact) mass is 432 g/mol. The Bertz CT molecular complexity index is 555. The molecular formula is C27H44O2S. The van der Waals surface area contributed by atoms with E-state index in [1.165, 1.54) is 77.0 Å². The lowest BCUT2D eigenvalue weighted by atomic mass is 9.93. The number of carbonyl (C=O) groups is 1. The maximum absolute atomic E-state index is 11.7. The molecule has 0 saturated carbocycles. The summed E-state index contributed by atoms with van der Waals surface area (Å²) in [6.07, 6.45) is 23.2. The average Bonchev–Trinajstić information content (AvgIpc) is 2.76.